The standard InChI is InChI=1S/C17H22O3/c1-11-5-8-14-13(15(11)19)7-6-12(2)16(14)20-17(3,4)9-10-18/h5-8,18-19H,9-10H2,1-4H3. The van der Waals surface area contributed by atoms with Crippen LogP contribution in [0.15, 0.2) is 24.3 Å². The highest BCUT2D eigenvalue weighted by Crippen LogP contribution is 2.37. The van der Waals surface area contributed by atoms with Crippen molar-refractivity contribution < 1.29 is 14.9 Å². The first kappa shape index (κ1) is 14.7. The summed E-state index contributed by atoms with van der Waals surface area (Å²) in [5, 5.41) is 21.0. The highest BCUT2D eigenvalue weighted by molar-refractivity contribution is 5.94. The molecule has 2 rings (SSSR count). The van der Waals surface area contributed by atoms with Gasteiger partial charge >= 0.3 is 0 Å². The molecule has 2 aromatic carbocycles. The lowest BCUT2D eigenvalue weighted by molar-refractivity contribution is 0.0774. The second kappa shape index (κ2) is 5.33. The smallest absolute Gasteiger partial charge is 0.130 e. The number of benzene rings is 2. The molecule has 0 aliphatic heterocycles. The fourth-order valence-electron chi connectivity index (χ4n) is 2.31. The van der Waals surface area contributed by atoms with E-state index in [-0.39, 0.29) is 6.61 Å². The molecule has 108 valence electrons. The monoisotopic (exact) mass is 274 g/mol. The predicted octanol–water partition coefficient (Wildman–Crippen LogP) is 3.70. The first-order valence-corrected chi connectivity index (χ1v) is 6.87. The van der Waals surface area contributed by atoms with Crippen LogP contribution in [0.4, 0.5) is 0 Å². The molecule has 3 heteroatoms. The summed E-state index contributed by atoms with van der Waals surface area (Å²) in [6.07, 6.45) is 0.556. The minimum atomic E-state index is -0.450. The van der Waals surface area contributed by atoms with Crippen LogP contribution < -0.4 is 4.74 Å². The van der Waals surface area contributed by atoms with Crippen molar-refractivity contribution in [3.8, 4) is 11.5 Å². The Morgan fingerprint density at radius 2 is 1.60 bits per heavy atom. The fourth-order valence-corrected chi connectivity index (χ4v) is 2.31. The molecule has 0 heterocycles. The summed E-state index contributed by atoms with van der Waals surface area (Å²) < 4.78 is 6.11. The van der Waals surface area contributed by atoms with E-state index in [1.165, 1.54) is 0 Å². The Balaban J connectivity index is 2.58. The van der Waals surface area contributed by atoms with Crippen LogP contribution in [-0.4, -0.2) is 22.4 Å². The average Bonchev–Trinajstić information content (AvgIpc) is 2.37. The van der Waals surface area contributed by atoms with Gasteiger partial charge in [0.05, 0.1) is 0 Å². The van der Waals surface area contributed by atoms with Crippen LogP contribution in [0, 0.1) is 13.8 Å². The molecule has 2 aromatic rings. The molecular formula is C17H22O3. The van der Waals surface area contributed by atoms with Crippen molar-refractivity contribution in [2.45, 2.75) is 39.7 Å². The van der Waals surface area contributed by atoms with E-state index in [0.29, 0.717) is 12.2 Å². The molecule has 0 radical (unpaired) electrons. The molecular weight excluding hydrogens is 252 g/mol. The number of rotatable bonds is 4. The minimum absolute atomic E-state index is 0.0845. The summed E-state index contributed by atoms with van der Waals surface area (Å²) in [5.41, 5.74) is 1.42. The van der Waals surface area contributed by atoms with Crippen LogP contribution >= 0.6 is 0 Å². The van der Waals surface area contributed by atoms with Crippen molar-refractivity contribution in [3.63, 3.8) is 0 Å². The number of ether oxygens (including phenoxy) is 1. The van der Waals surface area contributed by atoms with E-state index in [4.69, 9.17) is 9.84 Å². The maximum Gasteiger partial charge on any atom is 0.130 e. The van der Waals surface area contributed by atoms with Crippen LogP contribution in [0.3, 0.4) is 0 Å². The molecule has 20 heavy (non-hydrogen) atoms. The minimum Gasteiger partial charge on any atom is -0.507 e. The van der Waals surface area contributed by atoms with E-state index in [1.807, 2.05) is 52.0 Å². The van der Waals surface area contributed by atoms with Gasteiger partial charge in [-0.15, -0.1) is 0 Å². The van der Waals surface area contributed by atoms with E-state index in [0.717, 1.165) is 27.6 Å². The second-order valence-corrected chi connectivity index (χ2v) is 5.87. The molecule has 0 saturated heterocycles. The van der Waals surface area contributed by atoms with Gasteiger partial charge in [-0.2, -0.15) is 0 Å². The average molecular weight is 274 g/mol. The first-order valence-electron chi connectivity index (χ1n) is 6.87. The fraction of sp³-hybridized carbons (Fsp3) is 0.412. The molecule has 3 nitrogen and oxygen atoms in total. The summed E-state index contributed by atoms with van der Waals surface area (Å²) >= 11 is 0. The van der Waals surface area contributed by atoms with Crippen molar-refractivity contribution in [3.05, 3.63) is 35.4 Å². The van der Waals surface area contributed by atoms with Gasteiger partial charge in [0.25, 0.3) is 0 Å². The van der Waals surface area contributed by atoms with Crippen LogP contribution in [0.5, 0.6) is 11.5 Å². The molecule has 2 N–H and O–H groups in total. The van der Waals surface area contributed by atoms with Crippen molar-refractivity contribution in [2.24, 2.45) is 0 Å². The summed E-state index contributed by atoms with van der Waals surface area (Å²) in [6.45, 7) is 7.86. The van der Waals surface area contributed by atoms with Gasteiger partial charge in [0.1, 0.15) is 17.1 Å². The van der Waals surface area contributed by atoms with Crippen LogP contribution in [0.1, 0.15) is 31.4 Å². The molecule has 0 atom stereocenters. The molecule has 0 bridgehead atoms. The highest BCUT2D eigenvalue weighted by Gasteiger charge is 2.22. The van der Waals surface area contributed by atoms with E-state index in [2.05, 4.69) is 0 Å². The van der Waals surface area contributed by atoms with Crippen LogP contribution in [0.25, 0.3) is 10.8 Å². The van der Waals surface area contributed by atoms with E-state index >= 15 is 0 Å². The Bertz CT molecular complexity index is 630. The Labute approximate surface area is 119 Å². The number of aliphatic hydroxyl groups excluding tert-OH is 1. The normalized spacial score (nSPS) is 11.8. The number of phenols is 1. The second-order valence-electron chi connectivity index (χ2n) is 5.87. The number of hydrogen-bond acceptors (Lipinski definition) is 3. The van der Waals surface area contributed by atoms with E-state index in [1.54, 1.807) is 0 Å². The molecule has 0 aromatic heterocycles. The lowest BCUT2D eigenvalue weighted by Crippen LogP contribution is -2.29. The van der Waals surface area contributed by atoms with Crippen molar-refractivity contribution >= 4 is 10.8 Å². The Morgan fingerprint density at radius 1 is 1.00 bits per heavy atom. The summed E-state index contributed by atoms with van der Waals surface area (Å²) in [7, 11) is 0. The molecule has 0 spiro atoms. The number of aromatic hydroxyl groups is 1. The van der Waals surface area contributed by atoms with Gasteiger partial charge in [-0.1, -0.05) is 24.3 Å². The molecule has 0 aliphatic carbocycles. The SMILES string of the molecule is Cc1ccc2c(OC(C)(C)CCO)c(C)ccc2c1O. The van der Waals surface area contributed by atoms with Gasteiger partial charge in [0.15, 0.2) is 0 Å². The van der Waals surface area contributed by atoms with Crippen molar-refractivity contribution in [1.82, 2.24) is 0 Å². The summed E-state index contributed by atoms with van der Waals surface area (Å²) in [5.74, 6) is 1.07. The number of aryl methyl sites for hydroxylation is 2. The lowest BCUT2D eigenvalue weighted by atomic mass is 10.0. The third-order valence-electron chi connectivity index (χ3n) is 3.61. The van der Waals surface area contributed by atoms with E-state index < -0.39 is 5.60 Å². The zero-order valence-electron chi connectivity index (χ0n) is 12.5. The first-order chi connectivity index (χ1) is 9.35. The zero-order chi connectivity index (χ0) is 14.9. The predicted molar refractivity (Wildman–Crippen MR) is 81.5 cm³/mol. The summed E-state index contributed by atoms with van der Waals surface area (Å²) in [6, 6.07) is 7.73. The maximum absolute atomic E-state index is 10.2. The van der Waals surface area contributed by atoms with Crippen molar-refractivity contribution in [2.75, 3.05) is 6.61 Å². The number of hydrogen-bond donors (Lipinski definition) is 2. The summed E-state index contributed by atoms with van der Waals surface area (Å²) in [4.78, 5) is 0. The number of phenolic OH excluding ortho intramolecular Hbond substituents is 1. The Hall–Kier alpha value is -1.74. The van der Waals surface area contributed by atoms with E-state index in [9.17, 15) is 5.11 Å². The Kier molecular flexibility index (Phi) is 3.91. The van der Waals surface area contributed by atoms with Gasteiger partial charge in [0.2, 0.25) is 0 Å². The van der Waals surface area contributed by atoms with Gasteiger partial charge < -0.3 is 14.9 Å². The largest absolute Gasteiger partial charge is 0.507 e. The molecule has 0 aliphatic rings. The third-order valence-corrected chi connectivity index (χ3v) is 3.61. The molecule has 0 amide bonds. The quantitative estimate of drug-likeness (QED) is 0.893. The topological polar surface area (TPSA) is 49.7 Å². The molecule has 0 unspecified atom stereocenters. The maximum atomic E-state index is 10.2. The van der Waals surface area contributed by atoms with Gasteiger partial charge in [0, 0.05) is 23.8 Å². The molecule has 0 saturated carbocycles. The number of fused-ring (bicyclic) bond motifs is 1. The van der Waals surface area contributed by atoms with Crippen LogP contribution in [0.2, 0.25) is 0 Å². The van der Waals surface area contributed by atoms with Gasteiger partial charge in [-0.05, 0) is 38.8 Å². The zero-order valence-corrected chi connectivity index (χ0v) is 12.5. The van der Waals surface area contributed by atoms with Crippen molar-refractivity contribution in [1.29, 1.82) is 0 Å². The number of aliphatic hydroxyl groups is 1. The Morgan fingerprint density at radius 3 is 2.25 bits per heavy atom. The van der Waals surface area contributed by atoms with Gasteiger partial charge in [-0.3, -0.25) is 0 Å². The van der Waals surface area contributed by atoms with Crippen LogP contribution in [-0.2, 0) is 0 Å². The highest BCUT2D eigenvalue weighted by atomic mass is 16.5. The lowest BCUT2D eigenvalue weighted by Gasteiger charge is -2.27. The third kappa shape index (κ3) is 2.73. The van der Waals surface area contributed by atoms with Gasteiger partial charge in [-0.25, -0.2) is 0 Å². The molecule has 0 fully saturated rings.